The Balaban J connectivity index is 4.32. The predicted molar refractivity (Wildman–Crippen MR) is 81.0 cm³/mol. The standard InChI is InChI=1S/C17H34O2.Nd/c1-4-7-9-11-13-15-17(6-3,16(18)19)14-12-10-8-5-2;/h4-15H2,1-3H3,(H,18,19);/q;+1/p-1. The van der Waals surface area contributed by atoms with Gasteiger partial charge in [-0.1, -0.05) is 0 Å². The van der Waals surface area contributed by atoms with E-state index in [4.69, 9.17) is 1.06 Å². The number of rotatable bonds is 13. The first kappa shape index (κ1) is 20.8. The second-order valence-electron chi connectivity index (χ2n) is 6.00. The molecule has 0 saturated heterocycles. The molecule has 0 rings (SSSR count). The van der Waals surface area contributed by atoms with Crippen LogP contribution in [0.5, 0.6) is 0 Å². The number of carbonyl (C=O) groups excluding carboxylic acids is 1. The van der Waals surface area contributed by atoms with Crippen molar-refractivity contribution in [3.05, 3.63) is 0 Å². The molecule has 0 aliphatic rings. The van der Waals surface area contributed by atoms with Gasteiger partial charge in [0.2, 0.25) is 0 Å². The van der Waals surface area contributed by atoms with E-state index in [1.54, 1.807) is 0 Å². The first-order valence-electron chi connectivity index (χ1n) is 8.54. The Bertz CT molecular complexity index is 243. The van der Waals surface area contributed by atoms with Gasteiger partial charge < -0.3 is 0 Å². The van der Waals surface area contributed by atoms with Gasteiger partial charge in [0.15, 0.2) is 0 Å². The monoisotopic (exact) mass is 411 g/mol. The van der Waals surface area contributed by atoms with E-state index in [-0.39, 0.29) is 11.4 Å². The molecule has 1 unspecified atom stereocenters. The van der Waals surface area contributed by atoms with E-state index < -0.39 is 0 Å². The van der Waals surface area contributed by atoms with E-state index in [9.17, 15) is 4.79 Å². The third-order valence-electron chi connectivity index (χ3n) is 4.47. The molecule has 1 atom stereocenters. The van der Waals surface area contributed by atoms with Crippen molar-refractivity contribution < 1.29 is 45.2 Å². The minimum absolute atomic E-state index is 0.0821. The second-order valence-corrected chi connectivity index (χ2v) is 6.65. The molecule has 0 amide bonds. The summed E-state index contributed by atoms with van der Waals surface area (Å²) >= 11 is 0.530. The summed E-state index contributed by atoms with van der Waals surface area (Å²) in [6.45, 7) is 6.63. The Morgan fingerprint density at radius 2 is 1.30 bits per heavy atom. The third kappa shape index (κ3) is 8.31. The second kappa shape index (κ2) is 13.5. The third-order valence-corrected chi connectivity index (χ3v) is 5.07. The van der Waals surface area contributed by atoms with E-state index >= 15 is 0 Å². The summed E-state index contributed by atoms with van der Waals surface area (Å²) in [6.07, 6.45) is 14.3. The molecule has 3 heteroatoms. The zero-order chi connectivity index (χ0) is 15.3. The van der Waals surface area contributed by atoms with Gasteiger partial charge in [-0.05, 0) is 0 Å². The maximum absolute atomic E-state index is 12.3. The van der Waals surface area contributed by atoms with Gasteiger partial charge in [-0.3, -0.25) is 0 Å². The number of hydrogen-bond donors (Lipinski definition) is 0. The molecule has 0 radical (unpaired) electrons. The summed E-state index contributed by atoms with van der Waals surface area (Å²) < 4.78 is 5.24. The molecular formula is C17H33NdO2. The van der Waals surface area contributed by atoms with Gasteiger partial charge in [-0.2, -0.15) is 0 Å². The van der Waals surface area contributed by atoms with Gasteiger partial charge in [0, 0.05) is 0 Å². The zero-order valence-corrected chi connectivity index (χ0v) is 17.0. The minimum atomic E-state index is -0.179. The molecule has 2 nitrogen and oxygen atoms in total. The van der Waals surface area contributed by atoms with Crippen molar-refractivity contribution in [2.75, 3.05) is 0 Å². The molecule has 20 heavy (non-hydrogen) atoms. The fourth-order valence-corrected chi connectivity index (χ4v) is 3.59. The Kier molecular flexibility index (Phi) is 14.0. The van der Waals surface area contributed by atoms with Crippen LogP contribution in [0.1, 0.15) is 97.8 Å². The van der Waals surface area contributed by atoms with E-state index in [1.165, 1.54) is 57.8 Å². The molecular weight excluding hydrogens is 380 g/mol. The van der Waals surface area contributed by atoms with Crippen LogP contribution in [0.15, 0.2) is 0 Å². The summed E-state index contributed by atoms with van der Waals surface area (Å²) in [6, 6.07) is 0. The molecule has 0 N–H and O–H groups in total. The number of carbonyl (C=O) groups is 1. The van der Waals surface area contributed by atoms with Gasteiger partial charge in [-0.15, -0.1) is 0 Å². The van der Waals surface area contributed by atoms with Gasteiger partial charge in [-0.25, -0.2) is 0 Å². The van der Waals surface area contributed by atoms with Crippen LogP contribution in [0.4, 0.5) is 0 Å². The molecule has 117 valence electrons. The van der Waals surface area contributed by atoms with Crippen molar-refractivity contribution in [2.45, 2.75) is 97.8 Å². The quantitative estimate of drug-likeness (QED) is 0.361. The van der Waals surface area contributed by atoms with Crippen LogP contribution in [0.2, 0.25) is 0 Å². The van der Waals surface area contributed by atoms with E-state index in [1.807, 2.05) is 0 Å². The van der Waals surface area contributed by atoms with Crippen molar-refractivity contribution in [3.63, 3.8) is 0 Å². The summed E-state index contributed by atoms with van der Waals surface area (Å²) in [5.41, 5.74) is -0.179. The van der Waals surface area contributed by atoms with Crippen molar-refractivity contribution >= 4 is 5.97 Å². The van der Waals surface area contributed by atoms with Crippen LogP contribution in [0, 0.1) is 44.8 Å². The van der Waals surface area contributed by atoms with Crippen LogP contribution in [0.3, 0.4) is 0 Å². The van der Waals surface area contributed by atoms with Crippen molar-refractivity contribution in [2.24, 2.45) is 5.41 Å². The van der Waals surface area contributed by atoms with E-state index in [0.717, 1.165) is 19.3 Å². The normalized spacial score (nSPS) is 13.9. The first-order chi connectivity index (χ1) is 9.66. The zero-order valence-electron chi connectivity index (χ0n) is 13.8. The molecule has 0 bridgehead atoms. The molecule has 0 saturated carbocycles. The fraction of sp³-hybridized carbons (Fsp3) is 0.941. The summed E-state index contributed by atoms with van der Waals surface area (Å²) in [7, 11) is 0. The predicted octanol–water partition coefficient (Wildman–Crippen LogP) is 5.72. The van der Waals surface area contributed by atoms with Crippen LogP contribution in [-0.2, 0) is 5.86 Å². The van der Waals surface area contributed by atoms with Crippen LogP contribution < -0.4 is 0 Å². The topological polar surface area (TPSA) is 26.3 Å². The Labute approximate surface area is 153 Å². The molecule has 0 aromatic carbocycles. The van der Waals surface area contributed by atoms with Gasteiger partial charge in [0.05, 0.1) is 0 Å². The van der Waals surface area contributed by atoms with Crippen LogP contribution >= 0.6 is 0 Å². The summed E-state index contributed by atoms with van der Waals surface area (Å²) in [5.74, 6) is 0.0821. The van der Waals surface area contributed by atoms with Gasteiger partial charge in [0.1, 0.15) is 0 Å². The van der Waals surface area contributed by atoms with Gasteiger partial charge >= 0.3 is 154 Å². The van der Waals surface area contributed by atoms with E-state index in [0.29, 0.717) is 39.4 Å². The number of hydrogen-bond acceptors (Lipinski definition) is 2. The van der Waals surface area contributed by atoms with Crippen molar-refractivity contribution in [1.82, 2.24) is 0 Å². The average molecular weight is 414 g/mol. The van der Waals surface area contributed by atoms with E-state index in [2.05, 4.69) is 20.8 Å². The summed E-state index contributed by atoms with van der Waals surface area (Å²) in [4.78, 5) is 12.3. The average Bonchev–Trinajstić information content (AvgIpc) is 2.48. The Morgan fingerprint density at radius 3 is 1.70 bits per heavy atom. The van der Waals surface area contributed by atoms with Crippen LogP contribution in [0.25, 0.3) is 0 Å². The summed E-state index contributed by atoms with van der Waals surface area (Å²) in [5, 5.41) is 0. The Hall–Kier alpha value is 0.821. The van der Waals surface area contributed by atoms with Crippen molar-refractivity contribution in [1.29, 1.82) is 0 Å². The van der Waals surface area contributed by atoms with Crippen molar-refractivity contribution in [3.8, 4) is 0 Å². The molecule has 0 aliphatic heterocycles. The number of unbranched alkanes of at least 4 members (excludes halogenated alkanes) is 7. The van der Waals surface area contributed by atoms with Crippen LogP contribution in [-0.4, -0.2) is 5.97 Å². The maximum atomic E-state index is 12.3. The molecule has 0 aromatic heterocycles. The fourth-order valence-electron chi connectivity index (χ4n) is 2.89. The molecule has 0 aromatic rings. The molecule has 0 fully saturated rings. The molecule has 0 heterocycles. The SMILES string of the molecule is CCCCCCCC(CC)(CCCCCC)C(=O)[O][Nd]. The molecule has 0 aliphatic carbocycles. The van der Waals surface area contributed by atoms with Gasteiger partial charge in [0.25, 0.3) is 0 Å². The first-order valence-corrected chi connectivity index (χ1v) is 9.85. The Morgan fingerprint density at radius 1 is 0.850 bits per heavy atom. The molecule has 0 spiro atoms.